The molecule has 0 radical (unpaired) electrons. The molecule has 102 valence electrons. The minimum Gasteiger partial charge on any atom is -0.465 e. The molecule has 0 saturated heterocycles. The predicted octanol–water partition coefficient (Wildman–Crippen LogP) is 3.41. The maximum atomic E-state index is 12.3. The Kier molecular flexibility index (Phi) is 6.61. The van der Waals surface area contributed by atoms with Crippen molar-refractivity contribution in [1.29, 1.82) is 0 Å². The number of carbonyl (C=O) groups excluding carboxylic acids is 2. The molecule has 1 atom stereocenters. The monoisotopic (exact) mass is 316 g/mol. The van der Waals surface area contributed by atoms with Crippen molar-refractivity contribution in [3.8, 4) is 0 Å². The second-order valence-corrected chi connectivity index (χ2v) is 5.26. The highest BCUT2D eigenvalue weighted by Crippen LogP contribution is 2.37. The summed E-state index contributed by atoms with van der Waals surface area (Å²) < 4.78 is 5.14. The average Bonchev–Trinajstić information content (AvgIpc) is 2.54. The number of ketones is 1. The number of hydrogen-bond acceptors (Lipinski definition) is 3. The molecule has 1 rings (SSSR count). The van der Waals surface area contributed by atoms with Gasteiger partial charge in [0.25, 0.3) is 0 Å². The zero-order valence-corrected chi connectivity index (χ0v) is 12.5. The van der Waals surface area contributed by atoms with Gasteiger partial charge in [0.1, 0.15) is 11.2 Å². The molecular formula is C14H21BrO3. The van der Waals surface area contributed by atoms with Crippen molar-refractivity contribution in [3.63, 3.8) is 0 Å². The highest BCUT2D eigenvalue weighted by Gasteiger charge is 2.45. The van der Waals surface area contributed by atoms with E-state index in [-0.39, 0.29) is 11.8 Å². The summed E-state index contributed by atoms with van der Waals surface area (Å²) in [6, 6.07) is 0. The maximum Gasteiger partial charge on any atom is 0.319 e. The van der Waals surface area contributed by atoms with E-state index in [2.05, 4.69) is 15.9 Å². The molecular weight excluding hydrogens is 296 g/mol. The number of ether oxygens (including phenoxy) is 1. The third kappa shape index (κ3) is 3.67. The first-order valence-corrected chi connectivity index (χ1v) is 7.71. The van der Waals surface area contributed by atoms with Gasteiger partial charge in [-0.15, -0.1) is 0 Å². The van der Waals surface area contributed by atoms with Crippen molar-refractivity contribution < 1.29 is 14.3 Å². The van der Waals surface area contributed by atoms with Gasteiger partial charge in [0.05, 0.1) is 6.61 Å². The van der Waals surface area contributed by atoms with E-state index in [1.54, 1.807) is 6.92 Å². The van der Waals surface area contributed by atoms with Crippen molar-refractivity contribution in [3.05, 3.63) is 12.2 Å². The van der Waals surface area contributed by atoms with E-state index >= 15 is 0 Å². The molecule has 0 aromatic carbocycles. The Balaban J connectivity index is 2.93. The first-order chi connectivity index (χ1) is 8.67. The molecule has 1 aliphatic carbocycles. The molecule has 0 amide bonds. The average molecular weight is 317 g/mol. The van der Waals surface area contributed by atoms with Crippen molar-refractivity contribution in [2.45, 2.75) is 45.4 Å². The van der Waals surface area contributed by atoms with Crippen molar-refractivity contribution in [2.75, 3.05) is 11.9 Å². The summed E-state index contributed by atoms with van der Waals surface area (Å²) in [6.07, 6.45) is 8.27. The van der Waals surface area contributed by atoms with Crippen LogP contribution in [0.25, 0.3) is 0 Å². The summed E-state index contributed by atoms with van der Waals surface area (Å²) in [7, 11) is 0. The van der Waals surface area contributed by atoms with Gasteiger partial charge in [-0.2, -0.15) is 0 Å². The molecule has 0 N–H and O–H groups in total. The Labute approximate surface area is 117 Å². The Morgan fingerprint density at radius 2 is 2.17 bits per heavy atom. The first kappa shape index (κ1) is 15.4. The van der Waals surface area contributed by atoms with Crippen LogP contribution in [-0.4, -0.2) is 23.7 Å². The van der Waals surface area contributed by atoms with Gasteiger partial charge in [-0.25, -0.2) is 0 Å². The SMILES string of the molecule is CCOC(=O)C1(C/C=C/CBr)CCCCCC1=O. The lowest BCUT2D eigenvalue weighted by Crippen LogP contribution is -2.39. The fourth-order valence-corrected chi connectivity index (χ4v) is 2.66. The summed E-state index contributed by atoms with van der Waals surface area (Å²) in [5, 5.41) is 0.736. The van der Waals surface area contributed by atoms with Crippen molar-refractivity contribution >= 4 is 27.7 Å². The maximum absolute atomic E-state index is 12.3. The van der Waals surface area contributed by atoms with Gasteiger partial charge in [0.15, 0.2) is 0 Å². The molecule has 3 nitrogen and oxygen atoms in total. The van der Waals surface area contributed by atoms with Crippen LogP contribution in [0.5, 0.6) is 0 Å². The summed E-state index contributed by atoms with van der Waals surface area (Å²) in [5.41, 5.74) is -0.925. The van der Waals surface area contributed by atoms with Crippen LogP contribution in [-0.2, 0) is 14.3 Å². The van der Waals surface area contributed by atoms with Gasteiger partial charge in [0, 0.05) is 11.8 Å². The number of rotatable bonds is 5. The number of hydrogen-bond donors (Lipinski definition) is 0. The molecule has 18 heavy (non-hydrogen) atoms. The quantitative estimate of drug-likeness (QED) is 0.257. The topological polar surface area (TPSA) is 43.4 Å². The van der Waals surface area contributed by atoms with Gasteiger partial charge in [-0.1, -0.05) is 40.9 Å². The van der Waals surface area contributed by atoms with Gasteiger partial charge < -0.3 is 4.74 Å². The van der Waals surface area contributed by atoms with E-state index in [4.69, 9.17) is 4.74 Å². The molecule has 1 fully saturated rings. The highest BCUT2D eigenvalue weighted by atomic mass is 79.9. The van der Waals surface area contributed by atoms with Crippen LogP contribution >= 0.6 is 15.9 Å². The van der Waals surface area contributed by atoms with Gasteiger partial charge in [-0.3, -0.25) is 9.59 Å². The minimum absolute atomic E-state index is 0.0534. The fraction of sp³-hybridized carbons (Fsp3) is 0.714. The molecule has 4 heteroatoms. The van der Waals surface area contributed by atoms with Crippen LogP contribution < -0.4 is 0 Å². The number of alkyl halides is 1. The lowest BCUT2D eigenvalue weighted by molar-refractivity contribution is -0.160. The van der Waals surface area contributed by atoms with E-state index in [0.717, 1.165) is 24.6 Å². The number of allylic oxidation sites excluding steroid dienone is 2. The van der Waals surface area contributed by atoms with E-state index < -0.39 is 5.41 Å². The van der Waals surface area contributed by atoms with Gasteiger partial charge in [0.2, 0.25) is 0 Å². The first-order valence-electron chi connectivity index (χ1n) is 6.59. The third-order valence-corrected chi connectivity index (χ3v) is 3.80. The van der Waals surface area contributed by atoms with E-state index in [1.807, 2.05) is 12.2 Å². The normalized spacial score (nSPS) is 25.1. The largest absolute Gasteiger partial charge is 0.465 e. The van der Waals surface area contributed by atoms with E-state index in [1.165, 1.54) is 0 Å². The summed E-state index contributed by atoms with van der Waals surface area (Å²) >= 11 is 3.30. The number of Topliss-reactive ketones (excluding diaryl/α,β-unsaturated/α-hetero) is 1. The third-order valence-electron chi connectivity index (χ3n) is 3.43. The van der Waals surface area contributed by atoms with E-state index in [0.29, 0.717) is 25.9 Å². The number of esters is 1. The molecule has 1 aliphatic rings. The second-order valence-electron chi connectivity index (χ2n) is 4.62. The molecule has 0 bridgehead atoms. The summed E-state index contributed by atoms with van der Waals surface area (Å²) in [6.45, 7) is 2.11. The molecule has 0 aromatic rings. The summed E-state index contributed by atoms with van der Waals surface area (Å²) in [5.74, 6) is -0.284. The number of halogens is 1. The Hall–Kier alpha value is -0.640. The smallest absolute Gasteiger partial charge is 0.319 e. The minimum atomic E-state index is -0.925. The fourth-order valence-electron chi connectivity index (χ4n) is 2.40. The zero-order chi connectivity index (χ0) is 13.4. The van der Waals surface area contributed by atoms with Crippen molar-refractivity contribution in [2.24, 2.45) is 5.41 Å². The molecule has 1 unspecified atom stereocenters. The Morgan fingerprint density at radius 1 is 1.39 bits per heavy atom. The van der Waals surface area contributed by atoms with Crippen LogP contribution in [0.2, 0.25) is 0 Å². The molecule has 1 saturated carbocycles. The lowest BCUT2D eigenvalue weighted by atomic mass is 9.76. The summed E-state index contributed by atoms with van der Waals surface area (Å²) in [4.78, 5) is 24.5. The van der Waals surface area contributed by atoms with Crippen LogP contribution in [0, 0.1) is 5.41 Å². The Morgan fingerprint density at radius 3 is 2.83 bits per heavy atom. The van der Waals surface area contributed by atoms with E-state index in [9.17, 15) is 9.59 Å². The standard InChI is InChI=1S/C14H21BrO3/c1-2-18-13(17)14(10-6-7-11-15)9-5-3-4-8-12(14)16/h6-7H,2-5,8-11H2,1H3/b7-6+. The van der Waals surface area contributed by atoms with Crippen LogP contribution in [0.4, 0.5) is 0 Å². The highest BCUT2D eigenvalue weighted by molar-refractivity contribution is 9.09. The second kappa shape index (κ2) is 7.72. The van der Waals surface area contributed by atoms with Gasteiger partial charge in [-0.05, 0) is 26.2 Å². The van der Waals surface area contributed by atoms with Crippen LogP contribution in [0.1, 0.15) is 45.4 Å². The number of carbonyl (C=O) groups is 2. The predicted molar refractivity (Wildman–Crippen MR) is 74.7 cm³/mol. The molecule has 0 heterocycles. The molecule has 0 spiro atoms. The van der Waals surface area contributed by atoms with Crippen LogP contribution in [0.3, 0.4) is 0 Å². The van der Waals surface area contributed by atoms with Crippen molar-refractivity contribution in [1.82, 2.24) is 0 Å². The zero-order valence-electron chi connectivity index (χ0n) is 10.9. The van der Waals surface area contributed by atoms with Crippen LogP contribution in [0.15, 0.2) is 12.2 Å². The molecule has 0 aliphatic heterocycles. The van der Waals surface area contributed by atoms with Gasteiger partial charge >= 0.3 is 5.97 Å². The molecule has 0 aromatic heterocycles. The lowest BCUT2D eigenvalue weighted by Gasteiger charge is -2.27. The Bertz CT molecular complexity index is 325.